The molecule has 0 aromatic heterocycles. The van der Waals surface area contributed by atoms with Crippen LogP contribution in [0.1, 0.15) is 6.92 Å². The molecule has 0 fully saturated rings. The van der Waals surface area contributed by atoms with E-state index in [0.29, 0.717) is 0 Å². The second-order valence-electron chi connectivity index (χ2n) is 2.65. The van der Waals surface area contributed by atoms with Gasteiger partial charge < -0.3 is 0 Å². The molecule has 4 heteroatoms. The molecule has 2 aliphatic heterocycles. The predicted octanol–water partition coefficient (Wildman–Crippen LogP) is 3.44. The van der Waals surface area contributed by atoms with Crippen LogP contribution < -0.4 is 0 Å². The summed E-state index contributed by atoms with van der Waals surface area (Å²) in [6.07, 6.45) is 5.77. The van der Waals surface area contributed by atoms with E-state index in [1.54, 1.807) is 16.2 Å². The maximum Gasteiger partial charge on any atom is 0.107 e. The molecule has 2 aliphatic rings. The summed E-state index contributed by atoms with van der Waals surface area (Å²) in [7, 11) is 0. The van der Waals surface area contributed by atoms with E-state index in [1.807, 2.05) is 25.3 Å². The van der Waals surface area contributed by atoms with Crippen molar-refractivity contribution in [3.8, 4) is 0 Å². The standard InChI is InChI=1S/C8H7Cl2NS/c1-5-7-6(12-8(5)9)3-2-4-11(7)10/h2-4,8H,1H3. The number of allylic oxidation sites excluding steroid dienone is 2. The molecule has 0 spiro atoms. The van der Waals surface area contributed by atoms with Crippen LogP contribution in [0.15, 0.2) is 34.5 Å². The summed E-state index contributed by atoms with van der Waals surface area (Å²) in [6.45, 7) is 2.01. The third kappa shape index (κ3) is 1.18. The minimum Gasteiger partial charge on any atom is -0.260 e. The Bertz CT molecular complexity index is 306. The zero-order chi connectivity index (χ0) is 8.72. The summed E-state index contributed by atoms with van der Waals surface area (Å²) in [4.78, 5) is 1.16. The molecule has 0 saturated carbocycles. The largest absolute Gasteiger partial charge is 0.260 e. The van der Waals surface area contributed by atoms with E-state index in [0.717, 1.165) is 16.2 Å². The van der Waals surface area contributed by atoms with Crippen LogP contribution in [0, 0.1) is 0 Å². The lowest BCUT2D eigenvalue weighted by Crippen LogP contribution is -2.06. The number of rotatable bonds is 0. The van der Waals surface area contributed by atoms with Crippen molar-refractivity contribution in [3.05, 3.63) is 34.5 Å². The number of hydrogen-bond acceptors (Lipinski definition) is 2. The number of nitrogens with zero attached hydrogens (tertiary/aromatic N) is 1. The summed E-state index contributed by atoms with van der Waals surface area (Å²) in [6, 6.07) is 0. The Morgan fingerprint density at radius 2 is 2.33 bits per heavy atom. The molecule has 0 bridgehead atoms. The van der Waals surface area contributed by atoms with E-state index >= 15 is 0 Å². The topological polar surface area (TPSA) is 3.24 Å². The minimum atomic E-state index is 0.0346. The van der Waals surface area contributed by atoms with Gasteiger partial charge >= 0.3 is 0 Å². The Morgan fingerprint density at radius 1 is 1.58 bits per heavy atom. The van der Waals surface area contributed by atoms with Gasteiger partial charge in [0.2, 0.25) is 0 Å². The third-order valence-corrected chi connectivity index (χ3v) is 3.88. The number of halogens is 2. The van der Waals surface area contributed by atoms with Gasteiger partial charge in [0, 0.05) is 22.9 Å². The van der Waals surface area contributed by atoms with E-state index < -0.39 is 0 Å². The van der Waals surface area contributed by atoms with E-state index in [9.17, 15) is 0 Å². The van der Waals surface area contributed by atoms with Crippen LogP contribution in [-0.2, 0) is 0 Å². The van der Waals surface area contributed by atoms with E-state index in [1.165, 1.54) is 0 Å². The van der Waals surface area contributed by atoms with Crippen molar-refractivity contribution in [1.29, 1.82) is 0 Å². The third-order valence-electron chi connectivity index (χ3n) is 1.86. The molecular weight excluding hydrogens is 213 g/mol. The molecule has 0 saturated heterocycles. The summed E-state index contributed by atoms with van der Waals surface area (Å²) in [5.41, 5.74) is 2.18. The highest BCUT2D eigenvalue weighted by molar-refractivity contribution is 8.05. The molecule has 0 aromatic rings. The van der Waals surface area contributed by atoms with E-state index in [2.05, 4.69) is 0 Å². The average Bonchev–Trinajstić information content (AvgIpc) is 2.29. The Kier molecular flexibility index (Phi) is 2.15. The summed E-state index contributed by atoms with van der Waals surface area (Å²) >= 11 is 13.6. The van der Waals surface area contributed by atoms with Gasteiger partial charge in [-0.05, 0) is 24.6 Å². The molecule has 0 aromatic carbocycles. The fourth-order valence-corrected chi connectivity index (χ4v) is 3.00. The highest BCUT2D eigenvalue weighted by Gasteiger charge is 2.29. The minimum absolute atomic E-state index is 0.0346. The van der Waals surface area contributed by atoms with Crippen LogP contribution in [0.2, 0.25) is 0 Å². The highest BCUT2D eigenvalue weighted by atomic mass is 35.5. The average molecular weight is 220 g/mol. The van der Waals surface area contributed by atoms with Crippen molar-refractivity contribution in [1.82, 2.24) is 4.42 Å². The number of hydrogen-bond donors (Lipinski definition) is 0. The van der Waals surface area contributed by atoms with Crippen LogP contribution in [0.3, 0.4) is 0 Å². The molecule has 2 rings (SSSR count). The second-order valence-corrected chi connectivity index (χ2v) is 4.86. The first-order valence-electron chi connectivity index (χ1n) is 3.55. The maximum absolute atomic E-state index is 6.05. The van der Waals surface area contributed by atoms with Gasteiger partial charge in [-0.25, -0.2) is 0 Å². The van der Waals surface area contributed by atoms with Gasteiger partial charge in [-0.1, -0.05) is 11.8 Å². The second kappa shape index (κ2) is 3.02. The van der Waals surface area contributed by atoms with Crippen LogP contribution in [0.4, 0.5) is 0 Å². The molecule has 1 unspecified atom stereocenters. The quantitative estimate of drug-likeness (QED) is 0.454. The number of fused-ring (bicyclic) bond motifs is 1. The Morgan fingerprint density at radius 3 is 3.00 bits per heavy atom. The Labute approximate surface area is 85.8 Å². The summed E-state index contributed by atoms with van der Waals surface area (Å²) < 4.78 is 1.63. The number of thioether (sulfide) groups is 1. The molecule has 0 amide bonds. The van der Waals surface area contributed by atoms with Crippen LogP contribution >= 0.6 is 35.1 Å². The normalized spacial score (nSPS) is 27.8. The molecule has 2 heterocycles. The van der Waals surface area contributed by atoms with Gasteiger partial charge in [0.25, 0.3) is 0 Å². The zero-order valence-electron chi connectivity index (χ0n) is 6.42. The molecule has 1 nitrogen and oxygen atoms in total. The van der Waals surface area contributed by atoms with Gasteiger partial charge in [0.15, 0.2) is 0 Å². The van der Waals surface area contributed by atoms with E-state index in [-0.39, 0.29) is 4.71 Å². The van der Waals surface area contributed by atoms with Crippen molar-refractivity contribution in [3.63, 3.8) is 0 Å². The van der Waals surface area contributed by atoms with Crippen molar-refractivity contribution >= 4 is 35.1 Å². The Balaban J connectivity index is 2.46. The molecule has 64 valence electrons. The highest BCUT2D eigenvalue weighted by Crippen LogP contribution is 2.46. The van der Waals surface area contributed by atoms with Gasteiger partial charge in [0.1, 0.15) is 4.71 Å². The summed E-state index contributed by atoms with van der Waals surface area (Å²) in [5.74, 6) is 0. The smallest absolute Gasteiger partial charge is 0.107 e. The SMILES string of the molecule is CC1=C2C(=CC=CN2Cl)SC1Cl. The van der Waals surface area contributed by atoms with Gasteiger partial charge in [-0.3, -0.25) is 4.42 Å². The molecule has 0 radical (unpaired) electrons. The van der Waals surface area contributed by atoms with Crippen LogP contribution in [-0.4, -0.2) is 9.13 Å². The van der Waals surface area contributed by atoms with Gasteiger partial charge in [0.05, 0.1) is 5.70 Å². The lowest BCUT2D eigenvalue weighted by molar-refractivity contribution is 0.754. The molecule has 12 heavy (non-hydrogen) atoms. The molecular formula is C8H7Cl2NS. The van der Waals surface area contributed by atoms with Crippen LogP contribution in [0.25, 0.3) is 0 Å². The lowest BCUT2D eigenvalue weighted by Gasteiger charge is -2.16. The van der Waals surface area contributed by atoms with Crippen molar-refractivity contribution in [2.24, 2.45) is 0 Å². The lowest BCUT2D eigenvalue weighted by atomic mass is 10.2. The van der Waals surface area contributed by atoms with Crippen LogP contribution in [0.5, 0.6) is 0 Å². The fraction of sp³-hybridized carbons (Fsp3) is 0.250. The number of alkyl halides is 1. The van der Waals surface area contributed by atoms with Gasteiger partial charge in [-0.2, -0.15) is 0 Å². The maximum atomic E-state index is 6.05. The van der Waals surface area contributed by atoms with Crippen molar-refractivity contribution in [2.45, 2.75) is 11.6 Å². The molecule has 0 N–H and O–H groups in total. The first-order chi connectivity index (χ1) is 5.70. The summed E-state index contributed by atoms with van der Waals surface area (Å²) in [5, 5.41) is 0. The van der Waals surface area contributed by atoms with Gasteiger partial charge in [-0.15, -0.1) is 11.6 Å². The first-order valence-corrected chi connectivity index (χ1v) is 5.21. The Hall–Kier alpha value is -0.0500. The van der Waals surface area contributed by atoms with Crippen molar-refractivity contribution < 1.29 is 0 Å². The molecule has 0 aliphatic carbocycles. The van der Waals surface area contributed by atoms with Crippen molar-refractivity contribution in [2.75, 3.05) is 0 Å². The fourth-order valence-electron chi connectivity index (χ4n) is 1.23. The molecule has 1 atom stereocenters. The monoisotopic (exact) mass is 219 g/mol. The first kappa shape index (κ1) is 8.54. The zero-order valence-corrected chi connectivity index (χ0v) is 8.75. The van der Waals surface area contributed by atoms with E-state index in [4.69, 9.17) is 23.4 Å². The predicted molar refractivity (Wildman–Crippen MR) is 54.8 cm³/mol.